The highest BCUT2D eigenvalue weighted by Gasteiger charge is 2.43. The average Bonchev–Trinajstić information content (AvgIpc) is 2.80. The summed E-state index contributed by atoms with van der Waals surface area (Å²) in [5.41, 5.74) is 3.50. The van der Waals surface area contributed by atoms with E-state index in [4.69, 9.17) is 4.74 Å². The molecule has 1 saturated heterocycles. The van der Waals surface area contributed by atoms with Crippen LogP contribution in [0.1, 0.15) is 36.5 Å². The largest absolute Gasteiger partial charge is 0.494 e. The summed E-state index contributed by atoms with van der Waals surface area (Å²) in [6.45, 7) is 6.03. The van der Waals surface area contributed by atoms with E-state index in [1.54, 1.807) is 0 Å². The zero-order chi connectivity index (χ0) is 18.7. The molecule has 2 aromatic carbocycles. The van der Waals surface area contributed by atoms with Crippen LogP contribution in [0.5, 0.6) is 5.75 Å². The van der Waals surface area contributed by atoms with Crippen molar-refractivity contribution in [1.29, 1.82) is 0 Å². The molecular weight excluding hydrogens is 336 g/mol. The van der Waals surface area contributed by atoms with Gasteiger partial charge in [-0.1, -0.05) is 36.4 Å². The first kappa shape index (κ1) is 18.1. The molecule has 4 rings (SSSR count). The van der Waals surface area contributed by atoms with Gasteiger partial charge in [-0.2, -0.15) is 0 Å². The fourth-order valence-electron chi connectivity index (χ4n) is 4.56. The van der Waals surface area contributed by atoms with Crippen molar-refractivity contribution in [3.8, 4) is 5.75 Å². The van der Waals surface area contributed by atoms with Crippen LogP contribution in [0.4, 0.5) is 0 Å². The Balaban J connectivity index is 1.53. The van der Waals surface area contributed by atoms with E-state index in [9.17, 15) is 4.79 Å². The number of likely N-dealkylation sites (tertiary alicyclic amines) is 1. The molecule has 4 nitrogen and oxygen atoms in total. The molecule has 1 unspecified atom stereocenters. The van der Waals surface area contributed by atoms with Gasteiger partial charge in [0.1, 0.15) is 5.75 Å². The van der Waals surface area contributed by atoms with Crippen molar-refractivity contribution in [3.05, 3.63) is 65.2 Å². The van der Waals surface area contributed by atoms with Crippen LogP contribution < -0.4 is 10.1 Å². The SMILES string of the molecule is CCOc1cccc(CN2CCCC3(Cc4ccccc4CNC3=O)C2)c1. The van der Waals surface area contributed by atoms with Gasteiger partial charge in [0.2, 0.25) is 5.91 Å². The van der Waals surface area contributed by atoms with Gasteiger partial charge in [0.05, 0.1) is 12.0 Å². The zero-order valence-corrected chi connectivity index (χ0v) is 16.0. The first-order valence-corrected chi connectivity index (χ1v) is 9.98. The molecule has 2 aliphatic rings. The molecule has 0 aromatic heterocycles. The number of carbonyl (C=O) groups excluding carboxylic acids is 1. The standard InChI is InChI=1S/C23H28N2O2/c1-2-27-21-10-5-7-18(13-21)16-25-12-6-11-23(17-25)14-19-8-3-4-9-20(19)15-24-22(23)26/h3-5,7-10,13H,2,6,11-12,14-17H2,1H3,(H,24,26). The van der Waals surface area contributed by atoms with Gasteiger partial charge in [-0.3, -0.25) is 9.69 Å². The summed E-state index contributed by atoms with van der Waals surface area (Å²) >= 11 is 0. The summed E-state index contributed by atoms with van der Waals surface area (Å²) in [7, 11) is 0. The number of piperidine rings is 1. The van der Waals surface area contributed by atoms with Gasteiger partial charge in [0.15, 0.2) is 0 Å². The van der Waals surface area contributed by atoms with E-state index in [1.807, 2.05) is 13.0 Å². The Morgan fingerprint density at radius 1 is 1.15 bits per heavy atom. The van der Waals surface area contributed by atoms with E-state index >= 15 is 0 Å². The minimum absolute atomic E-state index is 0.214. The number of amides is 1. The maximum Gasteiger partial charge on any atom is 0.228 e. The number of nitrogens with zero attached hydrogens (tertiary/aromatic N) is 1. The second kappa shape index (κ2) is 7.73. The third-order valence-corrected chi connectivity index (χ3v) is 5.84. The van der Waals surface area contributed by atoms with Crippen LogP contribution in [0.15, 0.2) is 48.5 Å². The van der Waals surface area contributed by atoms with Crippen molar-refractivity contribution in [3.63, 3.8) is 0 Å². The Bertz CT molecular complexity index is 820. The quantitative estimate of drug-likeness (QED) is 0.902. The number of benzene rings is 2. The normalized spacial score (nSPS) is 22.8. The molecule has 2 heterocycles. The third-order valence-electron chi connectivity index (χ3n) is 5.84. The van der Waals surface area contributed by atoms with Crippen molar-refractivity contribution in [2.75, 3.05) is 19.7 Å². The summed E-state index contributed by atoms with van der Waals surface area (Å²) in [4.78, 5) is 15.5. The molecule has 0 aliphatic carbocycles. The van der Waals surface area contributed by atoms with E-state index in [2.05, 4.69) is 52.7 Å². The van der Waals surface area contributed by atoms with Gasteiger partial charge in [-0.25, -0.2) is 0 Å². The van der Waals surface area contributed by atoms with E-state index in [1.165, 1.54) is 16.7 Å². The van der Waals surface area contributed by atoms with E-state index in [-0.39, 0.29) is 11.3 Å². The van der Waals surface area contributed by atoms with Gasteiger partial charge in [-0.15, -0.1) is 0 Å². The van der Waals surface area contributed by atoms with Gasteiger partial charge in [-0.05, 0) is 61.6 Å². The molecule has 0 bridgehead atoms. The van der Waals surface area contributed by atoms with Gasteiger partial charge in [0.25, 0.3) is 0 Å². The third kappa shape index (κ3) is 3.86. The number of rotatable bonds is 4. The lowest BCUT2D eigenvalue weighted by Crippen LogP contribution is -2.51. The molecule has 1 atom stereocenters. The molecule has 0 radical (unpaired) electrons. The van der Waals surface area contributed by atoms with Gasteiger partial charge in [0, 0.05) is 19.6 Å². The summed E-state index contributed by atoms with van der Waals surface area (Å²) in [5, 5.41) is 3.19. The van der Waals surface area contributed by atoms with Crippen LogP contribution >= 0.6 is 0 Å². The molecule has 1 amide bonds. The number of nitrogens with one attached hydrogen (secondary N) is 1. The molecule has 1 N–H and O–H groups in total. The first-order valence-electron chi connectivity index (χ1n) is 9.98. The number of ether oxygens (including phenoxy) is 1. The minimum Gasteiger partial charge on any atom is -0.494 e. The smallest absolute Gasteiger partial charge is 0.228 e. The lowest BCUT2D eigenvalue weighted by atomic mass is 9.74. The predicted molar refractivity (Wildman–Crippen MR) is 107 cm³/mol. The maximum atomic E-state index is 13.0. The van der Waals surface area contributed by atoms with Crippen LogP contribution in [-0.4, -0.2) is 30.5 Å². The van der Waals surface area contributed by atoms with Gasteiger partial charge >= 0.3 is 0 Å². The van der Waals surface area contributed by atoms with Crippen LogP contribution in [0.3, 0.4) is 0 Å². The second-order valence-electron chi connectivity index (χ2n) is 7.80. The zero-order valence-electron chi connectivity index (χ0n) is 16.0. The molecule has 0 saturated carbocycles. The number of fused-ring (bicyclic) bond motifs is 1. The summed E-state index contributed by atoms with van der Waals surface area (Å²) < 4.78 is 5.64. The molecule has 4 heteroatoms. The monoisotopic (exact) mass is 364 g/mol. The highest BCUT2D eigenvalue weighted by atomic mass is 16.5. The highest BCUT2D eigenvalue weighted by Crippen LogP contribution is 2.37. The Kier molecular flexibility index (Phi) is 5.17. The van der Waals surface area contributed by atoms with Crippen molar-refractivity contribution >= 4 is 5.91 Å². The fraction of sp³-hybridized carbons (Fsp3) is 0.435. The topological polar surface area (TPSA) is 41.6 Å². The van der Waals surface area contributed by atoms with Crippen LogP contribution in [0.25, 0.3) is 0 Å². The van der Waals surface area contributed by atoms with Gasteiger partial charge < -0.3 is 10.1 Å². The molecule has 1 spiro atoms. The number of hydrogen-bond donors (Lipinski definition) is 1. The Labute approximate surface area is 161 Å². The molecule has 1 fully saturated rings. The second-order valence-corrected chi connectivity index (χ2v) is 7.80. The summed E-state index contributed by atoms with van der Waals surface area (Å²) in [6, 6.07) is 16.8. The molecular formula is C23H28N2O2. The van der Waals surface area contributed by atoms with E-state index in [0.29, 0.717) is 13.2 Å². The van der Waals surface area contributed by atoms with Crippen LogP contribution in [0.2, 0.25) is 0 Å². The summed E-state index contributed by atoms with van der Waals surface area (Å²) in [6.07, 6.45) is 2.86. The molecule has 27 heavy (non-hydrogen) atoms. The van der Waals surface area contributed by atoms with Crippen molar-refractivity contribution in [2.24, 2.45) is 5.41 Å². The van der Waals surface area contributed by atoms with E-state index < -0.39 is 0 Å². The van der Waals surface area contributed by atoms with E-state index in [0.717, 1.165) is 44.6 Å². The molecule has 142 valence electrons. The average molecular weight is 364 g/mol. The summed E-state index contributed by atoms with van der Waals surface area (Å²) in [5.74, 6) is 1.13. The predicted octanol–water partition coefficient (Wildman–Crippen LogP) is 3.54. The molecule has 2 aliphatic heterocycles. The van der Waals surface area contributed by atoms with Crippen molar-refractivity contribution in [2.45, 2.75) is 39.3 Å². The maximum absolute atomic E-state index is 13.0. The molecule has 2 aromatic rings. The van der Waals surface area contributed by atoms with Crippen molar-refractivity contribution < 1.29 is 9.53 Å². The lowest BCUT2D eigenvalue weighted by Gasteiger charge is -2.41. The fourth-order valence-corrected chi connectivity index (χ4v) is 4.56. The number of carbonyl (C=O) groups is 1. The Hall–Kier alpha value is -2.33. The van der Waals surface area contributed by atoms with Crippen molar-refractivity contribution in [1.82, 2.24) is 10.2 Å². The highest BCUT2D eigenvalue weighted by molar-refractivity contribution is 5.84. The number of hydrogen-bond acceptors (Lipinski definition) is 3. The Morgan fingerprint density at radius 2 is 2.00 bits per heavy atom. The lowest BCUT2D eigenvalue weighted by molar-refractivity contribution is -0.134. The minimum atomic E-state index is -0.317. The first-order chi connectivity index (χ1) is 13.2. The van der Waals surface area contributed by atoms with Crippen LogP contribution in [-0.2, 0) is 24.3 Å². The van der Waals surface area contributed by atoms with Crippen LogP contribution in [0, 0.1) is 5.41 Å². The Morgan fingerprint density at radius 3 is 2.85 bits per heavy atom.